The molecule has 1 aromatic carbocycles. The van der Waals surface area contributed by atoms with Crippen LogP contribution in [0.5, 0.6) is 11.5 Å². The highest BCUT2D eigenvalue weighted by atomic mass is 32.2. The summed E-state index contributed by atoms with van der Waals surface area (Å²) in [6.07, 6.45) is 1.21. The number of nitrogens with one attached hydrogen (secondary N) is 1. The third-order valence-electron chi connectivity index (χ3n) is 3.62. The monoisotopic (exact) mass is 338 g/mol. The number of hydrogen-bond donors (Lipinski definition) is 1. The maximum absolute atomic E-state index is 12.3. The zero-order valence-electron chi connectivity index (χ0n) is 12.7. The summed E-state index contributed by atoms with van der Waals surface area (Å²) in [6.45, 7) is 1.34. The van der Waals surface area contributed by atoms with Gasteiger partial charge in [-0.2, -0.15) is 11.8 Å². The van der Waals surface area contributed by atoms with Gasteiger partial charge < -0.3 is 24.4 Å². The first-order valence-electron chi connectivity index (χ1n) is 7.26. The number of hydrogen-bond acceptors (Lipinski definition) is 6. The summed E-state index contributed by atoms with van der Waals surface area (Å²) >= 11 is 1.47. The van der Waals surface area contributed by atoms with Crippen LogP contribution in [0.4, 0.5) is 5.69 Å². The Balaban J connectivity index is 1.60. The Bertz CT molecular complexity index is 610. The molecule has 0 spiro atoms. The van der Waals surface area contributed by atoms with Gasteiger partial charge in [-0.15, -0.1) is 0 Å². The zero-order valence-corrected chi connectivity index (χ0v) is 13.6. The topological polar surface area (TPSA) is 77.1 Å². The van der Waals surface area contributed by atoms with E-state index in [1.54, 1.807) is 23.1 Å². The molecule has 1 N–H and O–H groups in total. The van der Waals surface area contributed by atoms with Crippen molar-refractivity contribution in [3.8, 4) is 11.5 Å². The minimum atomic E-state index is -0.667. The highest BCUT2D eigenvalue weighted by molar-refractivity contribution is 7.99. The van der Waals surface area contributed by atoms with Crippen LogP contribution < -0.4 is 14.8 Å². The fourth-order valence-electron chi connectivity index (χ4n) is 2.45. The minimum Gasteiger partial charge on any atom is -0.454 e. The van der Waals surface area contributed by atoms with Crippen LogP contribution in [0, 0.1) is 0 Å². The van der Waals surface area contributed by atoms with Gasteiger partial charge >= 0.3 is 0 Å². The van der Waals surface area contributed by atoms with Crippen molar-refractivity contribution in [3.63, 3.8) is 0 Å². The number of thioether (sulfide) groups is 1. The van der Waals surface area contributed by atoms with Crippen LogP contribution >= 0.6 is 11.8 Å². The molecule has 2 aliphatic rings. The molecule has 0 bridgehead atoms. The third kappa shape index (κ3) is 3.70. The molecule has 8 heteroatoms. The lowest BCUT2D eigenvalue weighted by Gasteiger charge is -2.32. The van der Waals surface area contributed by atoms with Crippen LogP contribution in [0.25, 0.3) is 0 Å². The summed E-state index contributed by atoms with van der Waals surface area (Å²) in [7, 11) is 0. The number of morpholine rings is 1. The zero-order chi connectivity index (χ0) is 16.2. The average molecular weight is 338 g/mol. The molecule has 0 saturated carbocycles. The van der Waals surface area contributed by atoms with E-state index < -0.39 is 6.10 Å². The van der Waals surface area contributed by atoms with Crippen LogP contribution in [-0.4, -0.2) is 61.3 Å². The van der Waals surface area contributed by atoms with Crippen molar-refractivity contribution in [1.29, 1.82) is 0 Å². The largest absolute Gasteiger partial charge is 0.454 e. The highest BCUT2D eigenvalue weighted by Crippen LogP contribution is 2.34. The Morgan fingerprint density at radius 1 is 1.35 bits per heavy atom. The fourth-order valence-corrected chi connectivity index (χ4v) is 2.88. The van der Waals surface area contributed by atoms with Crippen LogP contribution in [-0.2, 0) is 14.3 Å². The smallest absolute Gasteiger partial charge is 0.255 e. The molecule has 0 unspecified atom stereocenters. The first-order valence-corrected chi connectivity index (χ1v) is 8.65. The van der Waals surface area contributed by atoms with Crippen molar-refractivity contribution in [3.05, 3.63) is 18.2 Å². The summed E-state index contributed by atoms with van der Waals surface area (Å²) in [5, 5.41) is 2.79. The van der Waals surface area contributed by atoms with Crippen LogP contribution in [0.15, 0.2) is 18.2 Å². The molecule has 124 valence electrons. The second-order valence-corrected chi connectivity index (χ2v) is 6.06. The molecule has 7 nitrogen and oxygen atoms in total. The average Bonchev–Trinajstić information content (AvgIpc) is 3.03. The first kappa shape index (κ1) is 15.9. The fraction of sp³-hybridized carbons (Fsp3) is 0.467. The van der Waals surface area contributed by atoms with E-state index in [1.165, 1.54) is 11.8 Å². The second kappa shape index (κ2) is 7.10. The Morgan fingerprint density at radius 2 is 2.17 bits per heavy atom. The molecule has 3 rings (SSSR count). The maximum Gasteiger partial charge on any atom is 0.255 e. The number of rotatable bonds is 4. The standard InChI is InChI=1S/C15H18N2O5S/c1-23-8-14(18)17-4-5-20-13(7-17)15(19)16-10-2-3-11-12(6-10)22-9-21-11/h2-3,6,13H,4-5,7-9H2,1H3,(H,16,19)/t13-/m0/s1. The Labute approximate surface area is 138 Å². The van der Waals surface area contributed by atoms with Crippen molar-refractivity contribution >= 4 is 29.3 Å². The summed E-state index contributed by atoms with van der Waals surface area (Å²) in [5.41, 5.74) is 0.607. The normalized spacial score (nSPS) is 19.5. The molecule has 2 amide bonds. The van der Waals surface area contributed by atoms with Crippen molar-refractivity contribution < 1.29 is 23.8 Å². The quantitative estimate of drug-likeness (QED) is 0.881. The van der Waals surface area contributed by atoms with E-state index in [0.29, 0.717) is 36.1 Å². The number of nitrogens with zero attached hydrogens (tertiary/aromatic N) is 1. The molecule has 0 aliphatic carbocycles. The van der Waals surface area contributed by atoms with Gasteiger partial charge in [-0.05, 0) is 18.4 Å². The van der Waals surface area contributed by atoms with Crippen molar-refractivity contribution in [1.82, 2.24) is 4.90 Å². The molecule has 1 fully saturated rings. The van der Waals surface area contributed by atoms with Crippen molar-refractivity contribution in [2.24, 2.45) is 0 Å². The van der Waals surface area contributed by atoms with Crippen LogP contribution in [0.2, 0.25) is 0 Å². The Morgan fingerprint density at radius 3 is 3.00 bits per heavy atom. The molecular weight excluding hydrogens is 320 g/mol. The Hall–Kier alpha value is -1.93. The first-order chi connectivity index (χ1) is 11.2. The van der Waals surface area contributed by atoms with E-state index in [1.807, 2.05) is 6.26 Å². The Kier molecular flexibility index (Phi) is 4.92. The molecule has 1 atom stereocenters. The van der Waals surface area contributed by atoms with Gasteiger partial charge in [-0.3, -0.25) is 9.59 Å². The van der Waals surface area contributed by atoms with Gasteiger partial charge in [-0.25, -0.2) is 0 Å². The number of benzene rings is 1. The molecule has 2 aliphatic heterocycles. The summed E-state index contributed by atoms with van der Waals surface area (Å²) in [5.74, 6) is 1.43. The predicted octanol–water partition coefficient (Wildman–Crippen LogP) is 0.944. The molecule has 1 saturated heterocycles. The second-order valence-electron chi connectivity index (χ2n) is 5.19. The van der Waals surface area contributed by atoms with Crippen LogP contribution in [0.1, 0.15) is 0 Å². The lowest BCUT2D eigenvalue weighted by Crippen LogP contribution is -2.50. The number of anilines is 1. The number of amides is 2. The van der Waals surface area contributed by atoms with Gasteiger partial charge in [0.2, 0.25) is 12.7 Å². The maximum atomic E-state index is 12.3. The van der Waals surface area contributed by atoms with Gasteiger partial charge in [-0.1, -0.05) is 0 Å². The van der Waals surface area contributed by atoms with E-state index >= 15 is 0 Å². The predicted molar refractivity (Wildman–Crippen MR) is 85.9 cm³/mol. The van der Waals surface area contributed by atoms with Crippen LogP contribution in [0.3, 0.4) is 0 Å². The number of carbonyl (C=O) groups is 2. The number of fused-ring (bicyclic) bond motifs is 1. The molecule has 0 aromatic heterocycles. The van der Waals surface area contributed by atoms with Gasteiger partial charge in [0.25, 0.3) is 5.91 Å². The lowest BCUT2D eigenvalue weighted by atomic mass is 10.2. The van der Waals surface area contributed by atoms with Gasteiger partial charge in [0.15, 0.2) is 17.6 Å². The molecule has 1 aromatic rings. The molecule has 23 heavy (non-hydrogen) atoms. The lowest BCUT2D eigenvalue weighted by molar-refractivity contribution is -0.142. The van der Waals surface area contributed by atoms with E-state index in [9.17, 15) is 9.59 Å². The van der Waals surface area contributed by atoms with E-state index in [0.717, 1.165) is 0 Å². The van der Waals surface area contributed by atoms with Gasteiger partial charge in [0.05, 0.1) is 18.9 Å². The molecule has 2 heterocycles. The minimum absolute atomic E-state index is 0.0293. The van der Waals surface area contributed by atoms with E-state index in [2.05, 4.69) is 5.32 Å². The van der Waals surface area contributed by atoms with Crippen molar-refractivity contribution in [2.45, 2.75) is 6.10 Å². The highest BCUT2D eigenvalue weighted by Gasteiger charge is 2.29. The molecule has 0 radical (unpaired) electrons. The van der Waals surface area contributed by atoms with E-state index in [-0.39, 0.29) is 25.2 Å². The summed E-state index contributed by atoms with van der Waals surface area (Å²) in [6, 6.07) is 5.19. The van der Waals surface area contributed by atoms with Gasteiger partial charge in [0.1, 0.15) is 0 Å². The molecular formula is C15H18N2O5S. The van der Waals surface area contributed by atoms with Crippen molar-refractivity contribution in [2.75, 3.05) is 43.8 Å². The van der Waals surface area contributed by atoms with E-state index in [4.69, 9.17) is 14.2 Å². The summed E-state index contributed by atoms with van der Waals surface area (Å²) in [4.78, 5) is 26.0. The number of ether oxygens (including phenoxy) is 3. The summed E-state index contributed by atoms with van der Waals surface area (Å²) < 4.78 is 16.0. The van der Waals surface area contributed by atoms with Gasteiger partial charge in [0, 0.05) is 18.3 Å². The third-order valence-corrected chi connectivity index (χ3v) is 4.16. The SMILES string of the molecule is CSCC(=O)N1CCO[C@H](C(=O)Nc2ccc3c(c2)OCO3)C1. The number of carbonyl (C=O) groups excluding carboxylic acids is 2.